The molecule has 0 atom stereocenters. The lowest BCUT2D eigenvalue weighted by atomic mass is 10.1. The van der Waals surface area contributed by atoms with E-state index in [9.17, 15) is 0 Å². The standard InChI is InChI=1S/C24H32N4O2/c1-25-24(26-18-20-7-10-21(11-8-20)28-14-5-6-15-28)27(2)16-13-19-9-12-22(29-3)23(17-19)30-4/h5-12,17H,13-16,18H2,1-4H3,(H,25,26). The average Bonchev–Trinajstić information content (AvgIpc) is 3.33. The minimum Gasteiger partial charge on any atom is -0.493 e. The van der Waals surface area contributed by atoms with Crippen molar-refractivity contribution in [3.8, 4) is 11.5 Å². The number of likely N-dealkylation sites (N-methyl/N-ethyl adjacent to an activating group) is 1. The van der Waals surface area contributed by atoms with Crippen LogP contribution in [0.2, 0.25) is 0 Å². The molecule has 1 aliphatic heterocycles. The number of aliphatic imine (C=N–C) groups is 1. The van der Waals surface area contributed by atoms with Crippen LogP contribution in [0.1, 0.15) is 11.1 Å². The normalized spacial score (nSPS) is 13.5. The van der Waals surface area contributed by atoms with Crippen LogP contribution in [0, 0.1) is 0 Å². The summed E-state index contributed by atoms with van der Waals surface area (Å²) in [5.41, 5.74) is 3.70. The number of anilines is 1. The van der Waals surface area contributed by atoms with Crippen molar-refractivity contribution in [3.63, 3.8) is 0 Å². The predicted molar refractivity (Wildman–Crippen MR) is 124 cm³/mol. The molecule has 2 aromatic rings. The smallest absolute Gasteiger partial charge is 0.193 e. The monoisotopic (exact) mass is 408 g/mol. The first-order chi connectivity index (χ1) is 14.6. The fourth-order valence-corrected chi connectivity index (χ4v) is 3.52. The molecule has 0 saturated heterocycles. The molecular weight excluding hydrogens is 376 g/mol. The number of hydrogen-bond donors (Lipinski definition) is 1. The number of nitrogens with one attached hydrogen (secondary N) is 1. The quantitative estimate of drug-likeness (QED) is 0.413. The molecule has 1 N–H and O–H groups in total. The summed E-state index contributed by atoms with van der Waals surface area (Å²) in [4.78, 5) is 8.91. The van der Waals surface area contributed by atoms with E-state index in [-0.39, 0.29) is 0 Å². The van der Waals surface area contributed by atoms with Crippen LogP contribution < -0.4 is 19.7 Å². The number of ether oxygens (including phenoxy) is 2. The molecule has 6 nitrogen and oxygen atoms in total. The van der Waals surface area contributed by atoms with E-state index in [2.05, 4.69) is 69.6 Å². The highest BCUT2D eigenvalue weighted by molar-refractivity contribution is 5.79. The van der Waals surface area contributed by atoms with E-state index >= 15 is 0 Å². The summed E-state index contributed by atoms with van der Waals surface area (Å²) >= 11 is 0. The van der Waals surface area contributed by atoms with Gasteiger partial charge in [0.15, 0.2) is 17.5 Å². The number of methoxy groups -OCH3 is 2. The van der Waals surface area contributed by atoms with Gasteiger partial charge >= 0.3 is 0 Å². The van der Waals surface area contributed by atoms with Gasteiger partial charge in [-0.2, -0.15) is 0 Å². The van der Waals surface area contributed by atoms with Crippen LogP contribution in [0.25, 0.3) is 0 Å². The Labute approximate surface area is 179 Å². The first kappa shape index (κ1) is 21.6. The maximum absolute atomic E-state index is 5.40. The maximum Gasteiger partial charge on any atom is 0.193 e. The summed E-state index contributed by atoms with van der Waals surface area (Å²) in [6, 6.07) is 14.8. The molecule has 0 fully saturated rings. The number of rotatable bonds is 8. The topological polar surface area (TPSA) is 49.3 Å². The van der Waals surface area contributed by atoms with Gasteiger partial charge < -0.3 is 24.6 Å². The highest BCUT2D eigenvalue weighted by Gasteiger charge is 2.10. The van der Waals surface area contributed by atoms with Crippen molar-refractivity contribution in [2.24, 2.45) is 4.99 Å². The van der Waals surface area contributed by atoms with Gasteiger partial charge in [-0.05, 0) is 41.8 Å². The number of hydrogen-bond acceptors (Lipinski definition) is 4. The fourth-order valence-electron chi connectivity index (χ4n) is 3.52. The Morgan fingerprint density at radius 1 is 1.00 bits per heavy atom. The van der Waals surface area contributed by atoms with E-state index in [0.29, 0.717) is 0 Å². The van der Waals surface area contributed by atoms with E-state index in [1.807, 2.05) is 19.2 Å². The third-order valence-corrected chi connectivity index (χ3v) is 5.33. The Kier molecular flexibility index (Phi) is 7.60. The zero-order chi connectivity index (χ0) is 21.3. The van der Waals surface area contributed by atoms with Gasteiger partial charge in [-0.15, -0.1) is 0 Å². The van der Waals surface area contributed by atoms with Crippen molar-refractivity contribution in [1.29, 1.82) is 0 Å². The minimum absolute atomic E-state index is 0.742. The molecule has 3 rings (SSSR count). The zero-order valence-corrected chi connectivity index (χ0v) is 18.4. The second kappa shape index (κ2) is 10.6. The molecule has 0 aliphatic carbocycles. The molecule has 30 heavy (non-hydrogen) atoms. The molecule has 1 heterocycles. The van der Waals surface area contributed by atoms with Crippen LogP contribution in [-0.4, -0.2) is 58.8 Å². The van der Waals surface area contributed by atoms with Gasteiger partial charge in [0.25, 0.3) is 0 Å². The van der Waals surface area contributed by atoms with Crippen molar-refractivity contribution < 1.29 is 9.47 Å². The summed E-state index contributed by atoms with van der Waals surface area (Å²) in [6.45, 7) is 3.58. The van der Waals surface area contributed by atoms with Gasteiger partial charge in [0, 0.05) is 46.0 Å². The van der Waals surface area contributed by atoms with Crippen molar-refractivity contribution in [3.05, 3.63) is 65.7 Å². The molecule has 2 aromatic carbocycles. The van der Waals surface area contributed by atoms with Crippen LogP contribution in [0.3, 0.4) is 0 Å². The molecule has 0 saturated carbocycles. The molecule has 0 aromatic heterocycles. The molecule has 0 amide bonds. The van der Waals surface area contributed by atoms with Gasteiger partial charge in [0.05, 0.1) is 14.2 Å². The third kappa shape index (κ3) is 5.47. The second-order valence-corrected chi connectivity index (χ2v) is 7.30. The van der Waals surface area contributed by atoms with Gasteiger partial charge in [-0.1, -0.05) is 30.4 Å². The molecule has 0 spiro atoms. The Morgan fingerprint density at radius 3 is 2.30 bits per heavy atom. The summed E-state index contributed by atoms with van der Waals surface area (Å²) in [7, 11) is 7.19. The van der Waals surface area contributed by atoms with Crippen molar-refractivity contribution in [2.45, 2.75) is 13.0 Å². The predicted octanol–water partition coefficient (Wildman–Crippen LogP) is 3.33. The van der Waals surface area contributed by atoms with Crippen LogP contribution in [0.15, 0.2) is 59.6 Å². The second-order valence-electron chi connectivity index (χ2n) is 7.30. The highest BCUT2D eigenvalue weighted by atomic mass is 16.5. The number of guanidine groups is 1. The van der Waals surface area contributed by atoms with E-state index in [4.69, 9.17) is 9.47 Å². The highest BCUT2D eigenvalue weighted by Crippen LogP contribution is 2.27. The van der Waals surface area contributed by atoms with Crippen LogP contribution in [0.4, 0.5) is 5.69 Å². The summed E-state index contributed by atoms with van der Waals surface area (Å²) < 4.78 is 10.7. The summed E-state index contributed by atoms with van der Waals surface area (Å²) in [5.74, 6) is 2.38. The summed E-state index contributed by atoms with van der Waals surface area (Å²) in [5, 5.41) is 3.46. The Morgan fingerprint density at radius 2 is 1.67 bits per heavy atom. The van der Waals surface area contributed by atoms with Crippen molar-refractivity contribution in [1.82, 2.24) is 10.2 Å². The molecule has 0 radical (unpaired) electrons. The first-order valence-corrected chi connectivity index (χ1v) is 10.3. The average molecular weight is 409 g/mol. The number of benzene rings is 2. The molecule has 160 valence electrons. The largest absolute Gasteiger partial charge is 0.493 e. The lowest BCUT2D eigenvalue weighted by Crippen LogP contribution is -2.39. The van der Waals surface area contributed by atoms with E-state index in [1.54, 1.807) is 14.2 Å². The SMILES string of the molecule is CN=C(NCc1ccc(N2CC=CC2)cc1)N(C)CCc1ccc(OC)c(OC)c1. The van der Waals surface area contributed by atoms with E-state index in [1.165, 1.54) is 16.8 Å². The van der Waals surface area contributed by atoms with Gasteiger partial charge in [-0.25, -0.2) is 0 Å². The zero-order valence-electron chi connectivity index (χ0n) is 18.4. The summed E-state index contributed by atoms with van der Waals surface area (Å²) in [6.07, 6.45) is 5.30. The fraction of sp³-hybridized carbons (Fsp3) is 0.375. The van der Waals surface area contributed by atoms with Crippen LogP contribution >= 0.6 is 0 Å². The lowest BCUT2D eigenvalue weighted by Gasteiger charge is -2.23. The molecule has 1 aliphatic rings. The Hall–Kier alpha value is -3.15. The van der Waals surface area contributed by atoms with Crippen LogP contribution in [0.5, 0.6) is 11.5 Å². The maximum atomic E-state index is 5.40. The van der Waals surface area contributed by atoms with Crippen LogP contribution in [-0.2, 0) is 13.0 Å². The Bertz CT molecular complexity index is 869. The lowest BCUT2D eigenvalue weighted by molar-refractivity contribution is 0.354. The molecule has 0 bridgehead atoms. The molecule has 6 heteroatoms. The van der Waals surface area contributed by atoms with E-state index in [0.717, 1.165) is 50.1 Å². The minimum atomic E-state index is 0.742. The number of nitrogens with zero attached hydrogens (tertiary/aromatic N) is 3. The molecule has 0 unspecified atom stereocenters. The third-order valence-electron chi connectivity index (χ3n) is 5.33. The van der Waals surface area contributed by atoms with Crippen molar-refractivity contribution in [2.75, 3.05) is 52.8 Å². The molecular formula is C24H32N4O2. The first-order valence-electron chi connectivity index (χ1n) is 10.3. The van der Waals surface area contributed by atoms with E-state index < -0.39 is 0 Å². The Balaban J connectivity index is 1.50. The van der Waals surface area contributed by atoms with Gasteiger partial charge in [0.1, 0.15) is 0 Å². The van der Waals surface area contributed by atoms with Crippen molar-refractivity contribution >= 4 is 11.6 Å². The van der Waals surface area contributed by atoms with Gasteiger partial charge in [-0.3, -0.25) is 4.99 Å². The van der Waals surface area contributed by atoms with Gasteiger partial charge in [0.2, 0.25) is 0 Å².